The van der Waals surface area contributed by atoms with Crippen LogP contribution in [0.3, 0.4) is 0 Å². The second kappa shape index (κ2) is 8.27. The molecule has 1 amide bonds. The number of carbonyl (C=O) groups excluding carboxylic acids is 1. The molecule has 2 aromatic carbocycles. The smallest absolute Gasteiger partial charge is 0.303 e. The molecule has 6 nitrogen and oxygen atoms in total. The van der Waals surface area contributed by atoms with Crippen molar-refractivity contribution in [2.45, 2.75) is 19.3 Å². The van der Waals surface area contributed by atoms with Gasteiger partial charge < -0.3 is 14.8 Å². The number of nitrogens with zero attached hydrogens (tertiary/aromatic N) is 1. The van der Waals surface area contributed by atoms with E-state index in [-0.39, 0.29) is 24.6 Å². The Labute approximate surface area is 154 Å². The number of hydrogen-bond acceptors (Lipinski definition) is 4. The summed E-state index contributed by atoms with van der Waals surface area (Å²) in [6.45, 7) is 0. The summed E-state index contributed by atoms with van der Waals surface area (Å²) in [5, 5.41) is 11.4. The Morgan fingerprint density at radius 2 is 1.78 bits per heavy atom. The topological polar surface area (TPSA) is 92.4 Å². The molecular weight excluding hydrogens is 351 g/mol. The number of aromatic nitrogens is 1. The van der Waals surface area contributed by atoms with Gasteiger partial charge in [-0.15, -0.1) is 0 Å². The zero-order chi connectivity index (χ0) is 19.2. The fourth-order valence-corrected chi connectivity index (χ4v) is 2.49. The molecule has 1 aromatic heterocycles. The number of hydrogen-bond donors (Lipinski definition) is 2. The van der Waals surface area contributed by atoms with Crippen molar-refractivity contribution in [1.82, 2.24) is 4.98 Å². The maximum Gasteiger partial charge on any atom is 0.303 e. The third-order valence-corrected chi connectivity index (χ3v) is 3.85. The van der Waals surface area contributed by atoms with E-state index in [9.17, 15) is 14.0 Å². The van der Waals surface area contributed by atoms with Crippen molar-refractivity contribution in [3.05, 3.63) is 71.9 Å². The van der Waals surface area contributed by atoms with Crippen molar-refractivity contribution < 1.29 is 23.5 Å². The molecular formula is C20H17FN2O4. The third kappa shape index (κ3) is 5.24. The summed E-state index contributed by atoms with van der Waals surface area (Å²) in [6, 6.07) is 12.7. The molecule has 0 aliphatic heterocycles. The van der Waals surface area contributed by atoms with Gasteiger partial charge in [0.25, 0.3) is 0 Å². The molecule has 0 aliphatic carbocycles. The predicted octanol–water partition coefficient (Wildman–Crippen LogP) is 3.68. The lowest BCUT2D eigenvalue weighted by Crippen LogP contribution is -2.14. The van der Waals surface area contributed by atoms with Gasteiger partial charge in [-0.3, -0.25) is 9.59 Å². The van der Waals surface area contributed by atoms with Gasteiger partial charge in [-0.1, -0.05) is 12.1 Å². The van der Waals surface area contributed by atoms with E-state index in [2.05, 4.69) is 10.3 Å². The Kier molecular flexibility index (Phi) is 5.61. The molecule has 3 rings (SSSR count). The molecule has 0 atom stereocenters. The number of rotatable bonds is 7. The predicted molar refractivity (Wildman–Crippen MR) is 96.6 cm³/mol. The number of carboxylic acids is 1. The molecule has 0 saturated heterocycles. The van der Waals surface area contributed by atoms with E-state index in [4.69, 9.17) is 9.52 Å². The van der Waals surface area contributed by atoms with Crippen LogP contribution in [-0.4, -0.2) is 22.0 Å². The highest BCUT2D eigenvalue weighted by atomic mass is 19.1. The van der Waals surface area contributed by atoms with E-state index in [1.165, 1.54) is 18.4 Å². The number of carbonyl (C=O) groups is 2. The minimum Gasteiger partial charge on any atom is -0.481 e. The minimum absolute atomic E-state index is 0.0332. The SMILES string of the molecule is O=C(O)CCc1ccc(NC(=O)Cc2coc(-c3ccc(F)cc3)n2)cc1. The highest BCUT2D eigenvalue weighted by molar-refractivity contribution is 5.92. The molecule has 0 spiro atoms. The first-order valence-corrected chi connectivity index (χ1v) is 8.30. The Hall–Kier alpha value is -3.48. The highest BCUT2D eigenvalue weighted by Gasteiger charge is 2.11. The van der Waals surface area contributed by atoms with Crippen LogP contribution in [0.25, 0.3) is 11.5 Å². The van der Waals surface area contributed by atoms with Crippen LogP contribution in [0, 0.1) is 5.82 Å². The van der Waals surface area contributed by atoms with Crippen molar-refractivity contribution in [2.75, 3.05) is 5.32 Å². The first kappa shape index (κ1) is 18.3. The van der Waals surface area contributed by atoms with E-state index >= 15 is 0 Å². The van der Waals surface area contributed by atoms with Gasteiger partial charge in [0.1, 0.15) is 12.1 Å². The second-order valence-electron chi connectivity index (χ2n) is 5.97. The van der Waals surface area contributed by atoms with Crippen LogP contribution in [0.4, 0.5) is 10.1 Å². The molecule has 7 heteroatoms. The maximum atomic E-state index is 13.0. The van der Waals surface area contributed by atoms with Crippen LogP contribution in [-0.2, 0) is 22.4 Å². The molecule has 27 heavy (non-hydrogen) atoms. The number of amides is 1. The average Bonchev–Trinajstić information content (AvgIpc) is 3.10. The fraction of sp³-hybridized carbons (Fsp3) is 0.150. The number of carboxylic acid groups (broad SMARTS) is 1. The summed E-state index contributed by atoms with van der Waals surface area (Å²) in [6.07, 6.45) is 1.93. The van der Waals surface area contributed by atoms with Gasteiger partial charge in [0, 0.05) is 17.7 Å². The number of aryl methyl sites for hydroxylation is 1. The number of benzene rings is 2. The van der Waals surface area contributed by atoms with Gasteiger partial charge >= 0.3 is 5.97 Å². The van der Waals surface area contributed by atoms with Crippen LogP contribution in [0.5, 0.6) is 0 Å². The zero-order valence-corrected chi connectivity index (χ0v) is 14.3. The molecule has 138 valence electrons. The number of nitrogens with one attached hydrogen (secondary N) is 1. The minimum atomic E-state index is -0.847. The largest absolute Gasteiger partial charge is 0.481 e. The highest BCUT2D eigenvalue weighted by Crippen LogP contribution is 2.19. The Morgan fingerprint density at radius 1 is 1.07 bits per heavy atom. The molecule has 0 saturated carbocycles. The first-order chi connectivity index (χ1) is 13.0. The Balaban J connectivity index is 1.56. The van der Waals surface area contributed by atoms with E-state index < -0.39 is 5.97 Å². The number of oxazole rings is 1. The zero-order valence-electron chi connectivity index (χ0n) is 14.3. The summed E-state index contributed by atoms with van der Waals surface area (Å²) in [4.78, 5) is 27.0. The van der Waals surface area contributed by atoms with Crippen LogP contribution in [0.15, 0.2) is 59.2 Å². The van der Waals surface area contributed by atoms with Crippen molar-refractivity contribution >= 4 is 17.6 Å². The lowest BCUT2D eigenvalue weighted by Gasteiger charge is -2.05. The van der Waals surface area contributed by atoms with E-state index in [1.807, 2.05) is 0 Å². The Bertz CT molecular complexity index is 933. The van der Waals surface area contributed by atoms with Crippen LogP contribution in [0.2, 0.25) is 0 Å². The maximum absolute atomic E-state index is 13.0. The van der Waals surface area contributed by atoms with Gasteiger partial charge in [-0.05, 0) is 48.4 Å². The lowest BCUT2D eigenvalue weighted by molar-refractivity contribution is -0.137. The Morgan fingerprint density at radius 3 is 2.44 bits per heavy atom. The molecule has 0 radical (unpaired) electrons. The van der Waals surface area contributed by atoms with Crippen molar-refractivity contribution in [2.24, 2.45) is 0 Å². The third-order valence-electron chi connectivity index (χ3n) is 3.85. The fourth-order valence-electron chi connectivity index (χ4n) is 2.49. The van der Waals surface area contributed by atoms with Gasteiger partial charge in [0.15, 0.2) is 0 Å². The molecule has 2 N–H and O–H groups in total. The summed E-state index contributed by atoms with van der Waals surface area (Å²) in [7, 11) is 0. The summed E-state index contributed by atoms with van der Waals surface area (Å²) < 4.78 is 18.3. The quantitative estimate of drug-likeness (QED) is 0.664. The van der Waals surface area contributed by atoms with Crippen LogP contribution < -0.4 is 5.32 Å². The van der Waals surface area contributed by atoms with Gasteiger partial charge in [-0.2, -0.15) is 0 Å². The number of aliphatic carboxylic acids is 1. The van der Waals surface area contributed by atoms with Crippen LogP contribution >= 0.6 is 0 Å². The normalized spacial score (nSPS) is 10.6. The van der Waals surface area contributed by atoms with Gasteiger partial charge in [-0.25, -0.2) is 9.37 Å². The average molecular weight is 368 g/mol. The molecule has 0 unspecified atom stereocenters. The van der Waals surface area contributed by atoms with Gasteiger partial charge in [0.05, 0.1) is 12.1 Å². The molecule has 3 aromatic rings. The monoisotopic (exact) mass is 368 g/mol. The first-order valence-electron chi connectivity index (χ1n) is 8.30. The van der Waals surface area contributed by atoms with E-state index in [0.717, 1.165) is 5.56 Å². The molecule has 1 heterocycles. The van der Waals surface area contributed by atoms with Crippen LogP contribution in [0.1, 0.15) is 17.7 Å². The van der Waals surface area contributed by atoms with Crippen molar-refractivity contribution in [1.29, 1.82) is 0 Å². The molecule has 0 aliphatic rings. The lowest BCUT2D eigenvalue weighted by atomic mass is 10.1. The van der Waals surface area contributed by atoms with E-state index in [0.29, 0.717) is 29.3 Å². The molecule has 0 fully saturated rings. The number of anilines is 1. The molecule has 0 bridgehead atoms. The number of halogens is 1. The standard InChI is InChI=1S/C20H17FN2O4/c21-15-6-4-14(5-7-15)20-23-17(12-27-20)11-18(24)22-16-8-1-13(2-9-16)3-10-19(25)26/h1-2,4-9,12H,3,10-11H2,(H,22,24)(H,25,26). The van der Waals surface area contributed by atoms with Gasteiger partial charge in [0.2, 0.25) is 11.8 Å². The van der Waals surface area contributed by atoms with Crippen molar-refractivity contribution in [3.8, 4) is 11.5 Å². The van der Waals surface area contributed by atoms with E-state index in [1.54, 1.807) is 36.4 Å². The summed E-state index contributed by atoms with van der Waals surface area (Å²) in [5.74, 6) is -1.13. The summed E-state index contributed by atoms with van der Waals surface area (Å²) in [5.41, 5.74) is 2.59. The summed E-state index contributed by atoms with van der Waals surface area (Å²) >= 11 is 0. The van der Waals surface area contributed by atoms with Crippen molar-refractivity contribution in [3.63, 3.8) is 0 Å². The second-order valence-corrected chi connectivity index (χ2v) is 5.97.